The van der Waals surface area contributed by atoms with E-state index in [1.165, 1.54) is 0 Å². The molecule has 1 aliphatic rings. The number of halogens is 2. The largest absolute Gasteiger partial charge is 0.372 e. The van der Waals surface area contributed by atoms with Crippen LogP contribution >= 0.6 is 23.2 Å². The summed E-state index contributed by atoms with van der Waals surface area (Å²) in [5, 5.41) is 8.33. The average Bonchev–Trinajstić information content (AvgIpc) is 2.62. The molecule has 5 heteroatoms. The van der Waals surface area contributed by atoms with Gasteiger partial charge in [-0.1, -0.05) is 23.2 Å². The van der Waals surface area contributed by atoms with E-state index in [0.29, 0.717) is 5.02 Å². The molecule has 1 unspecified atom stereocenters. The van der Waals surface area contributed by atoms with Crippen LogP contribution in [0.3, 0.4) is 0 Å². The molecule has 0 aromatic carbocycles. The highest BCUT2D eigenvalue weighted by molar-refractivity contribution is 6.41. The quantitative estimate of drug-likeness (QED) is 0.728. The van der Waals surface area contributed by atoms with Gasteiger partial charge < -0.3 is 4.74 Å². The highest BCUT2D eigenvalue weighted by Gasteiger charge is 2.20. The Labute approximate surface area is 86.0 Å². The zero-order chi connectivity index (χ0) is 9.26. The summed E-state index contributed by atoms with van der Waals surface area (Å²) >= 11 is 11.4. The predicted molar refractivity (Wildman–Crippen MR) is 50.0 cm³/mol. The summed E-state index contributed by atoms with van der Waals surface area (Å²) in [5.41, 5.74) is 0.770. The van der Waals surface area contributed by atoms with Gasteiger partial charge in [-0.3, -0.25) is 0 Å². The maximum Gasteiger partial charge on any atom is 0.170 e. The molecule has 13 heavy (non-hydrogen) atoms. The number of hydrogen-bond acceptors (Lipinski definition) is 3. The van der Waals surface area contributed by atoms with Gasteiger partial charge in [-0.2, -0.15) is 5.10 Å². The van der Waals surface area contributed by atoms with Gasteiger partial charge in [0, 0.05) is 6.61 Å². The maximum absolute atomic E-state index is 5.80. The lowest BCUT2D eigenvalue weighted by Crippen LogP contribution is -2.00. The molecule has 1 atom stereocenters. The third-order valence-electron chi connectivity index (χ3n) is 1.98. The van der Waals surface area contributed by atoms with Crippen LogP contribution in [0.25, 0.3) is 0 Å². The zero-order valence-electron chi connectivity index (χ0n) is 6.83. The van der Waals surface area contributed by atoms with Crippen molar-refractivity contribution < 1.29 is 4.74 Å². The van der Waals surface area contributed by atoms with Crippen molar-refractivity contribution in [2.75, 3.05) is 6.61 Å². The molecule has 0 saturated carbocycles. The van der Waals surface area contributed by atoms with Crippen molar-refractivity contribution in [3.05, 3.63) is 21.9 Å². The molecule has 1 aromatic rings. The third-order valence-corrected chi connectivity index (χ3v) is 2.65. The van der Waals surface area contributed by atoms with Gasteiger partial charge in [0.1, 0.15) is 6.10 Å². The van der Waals surface area contributed by atoms with Crippen molar-refractivity contribution in [1.82, 2.24) is 10.2 Å². The van der Waals surface area contributed by atoms with Gasteiger partial charge in [-0.25, -0.2) is 0 Å². The van der Waals surface area contributed by atoms with Crippen molar-refractivity contribution in [3.63, 3.8) is 0 Å². The molecule has 0 N–H and O–H groups in total. The molecule has 2 heterocycles. The highest BCUT2D eigenvalue weighted by atomic mass is 35.5. The maximum atomic E-state index is 5.80. The molecule has 0 amide bonds. The zero-order valence-corrected chi connectivity index (χ0v) is 8.35. The average molecular weight is 219 g/mol. The number of aromatic nitrogens is 2. The van der Waals surface area contributed by atoms with E-state index < -0.39 is 0 Å². The fourth-order valence-electron chi connectivity index (χ4n) is 1.34. The van der Waals surface area contributed by atoms with Crippen molar-refractivity contribution in [2.24, 2.45) is 0 Å². The lowest BCUT2D eigenvalue weighted by Gasteiger charge is -2.07. The second kappa shape index (κ2) is 3.78. The first-order chi connectivity index (χ1) is 6.27. The number of nitrogens with zero attached hydrogens (tertiary/aromatic N) is 2. The minimum atomic E-state index is 0.0438. The first-order valence-corrected chi connectivity index (χ1v) is 4.83. The lowest BCUT2D eigenvalue weighted by atomic mass is 10.2. The van der Waals surface area contributed by atoms with Crippen LogP contribution in [0.5, 0.6) is 0 Å². The summed E-state index contributed by atoms with van der Waals surface area (Å²) in [5.74, 6) is 0. The van der Waals surface area contributed by atoms with Crippen LogP contribution in [0, 0.1) is 0 Å². The van der Waals surface area contributed by atoms with Crippen molar-refractivity contribution in [3.8, 4) is 0 Å². The molecule has 70 valence electrons. The van der Waals surface area contributed by atoms with Crippen LogP contribution in [0.1, 0.15) is 24.6 Å². The molecule has 1 saturated heterocycles. The highest BCUT2D eigenvalue weighted by Crippen LogP contribution is 2.29. The van der Waals surface area contributed by atoms with E-state index in [1.807, 2.05) is 0 Å². The molecule has 1 aliphatic heterocycles. The van der Waals surface area contributed by atoms with Crippen molar-refractivity contribution >= 4 is 23.2 Å². The Morgan fingerprint density at radius 3 is 2.85 bits per heavy atom. The van der Waals surface area contributed by atoms with Crippen LogP contribution in [0.4, 0.5) is 0 Å². The Morgan fingerprint density at radius 2 is 2.23 bits per heavy atom. The minimum Gasteiger partial charge on any atom is -0.372 e. The fourth-order valence-corrected chi connectivity index (χ4v) is 1.58. The van der Waals surface area contributed by atoms with Gasteiger partial charge >= 0.3 is 0 Å². The molecular formula is C8H8Cl2N2O. The molecule has 1 aromatic heterocycles. The second-order valence-electron chi connectivity index (χ2n) is 2.91. The van der Waals surface area contributed by atoms with Gasteiger partial charge in [-0.05, 0) is 18.9 Å². The van der Waals surface area contributed by atoms with Crippen LogP contribution < -0.4 is 0 Å². The van der Waals surface area contributed by atoms with Gasteiger partial charge in [0.05, 0.1) is 10.7 Å². The predicted octanol–water partition coefficient (Wildman–Crippen LogP) is 2.63. The summed E-state index contributed by atoms with van der Waals surface area (Å²) in [4.78, 5) is 0. The molecule has 0 bridgehead atoms. The molecule has 0 radical (unpaired) electrons. The first kappa shape index (κ1) is 9.19. The Balaban J connectivity index is 2.25. The van der Waals surface area contributed by atoms with Crippen LogP contribution in [0.2, 0.25) is 10.2 Å². The van der Waals surface area contributed by atoms with E-state index in [9.17, 15) is 0 Å². The smallest absolute Gasteiger partial charge is 0.170 e. The van der Waals surface area contributed by atoms with Crippen molar-refractivity contribution in [1.29, 1.82) is 0 Å². The molecule has 3 nitrogen and oxygen atoms in total. The Hall–Kier alpha value is -0.380. The van der Waals surface area contributed by atoms with E-state index >= 15 is 0 Å². The van der Waals surface area contributed by atoms with Gasteiger partial charge in [-0.15, -0.1) is 5.10 Å². The molecule has 2 rings (SSSR count). The number of rotatable bonds is 1. The molecule has 0 spiro atoms. The summed E-state index contributed by atoms with van der Waals surface area (Å²) in [6.45, 7) is 0.784. The lowest BCUT2D eigenvalue weighted by molar-refractivity contribution is 0.108. The summed E-state index contributed by atoms with van der Waals surface area (Å²) in [7, 11) is 0. The third kappa shape index (κ3) is 1.93. The van der Waals surface area contributed by atoms with Crippen LogP contribution in [-0.2, 0) is 4.74 Å². The molecule has 1 fully saturated rings. The summed E-state index contributed by atoms with van der Waals surface area (Å²) in [6.07, 6.45) is 2.08. The topological polar surface area (TPSA) is 35.0 Å². The summed E-state index contributed by atoms with van der Waals surface area (Å²) in [6, 6.07) is 1.72. The molecule has 0 aliphatic carbocycles. The van der Waals surface area contributed by atoms with E-state index in [0.717, 1.165) is 25.1 Å². The summed E-state index contributed by atoms with van der Waals surface area (Å²) < 4.78 is 5.43. The number of hydrogen-bond donors (Lipinski definition) is 0. The van der Waals surface area contributed by atoms with Gasteiger partial charge in [0.15, 0.2) is 5.15 Å². The second-order valence-corrected chi connectivity index (χ2v) is 3.67. The van der Waals surface area contributed by atoms with Crippen LogP contribution in [0.15, 0.2) is 6.07 Å². The fraction of sp³-hybridized carbons (Fsp3) is 0.500. The van der Waals surface area contributed by atoms with Crippen LogP contribution in [-0.4, -0.2) is 16.8 Å². The van der Waals surface area contributed by atoms with Gasteiger partial charge in [0.25, 0.3) is 0 Å². The molecular weight excluding hydrogens is 211 g/mol. The standard InChI is InChI=1S/C8H8Cl2N2O/c9-5-4-6(11-12-8(5)10)7-2-1-3-13-7/h4,7H,1-3H2. The van der Waals surface area contributed by atoms with E-state index in [-0.39, 0.29) is 11.3 Å². The normalized spacial score (nSPS) is 22.2. The number of ether oxygens (including phenoxy) is 1. The van der Waals surface area contributed by atoms with E-state index in [4.69, 9.17) is 27.9 Å². The van der Waals surface area contributed by atoms with Gasteiger partial charge in [0.2, 0.25) is 0 Å². The van der Waals surface area contributed by atoms with E-state index in [1.54, 1.807) is 6.07 Å². The SMILES string of the molecule is Clc1cc(C2CCCO2)nnc1Cl. The Morgan fingerprint density at radius 1 is 1.38 bits per heavy atom. The van der Waals surface area contributed by atoms with E-state index in [2.05, 4.69) is 10.2 Å². The Kier molecular flexibility index (Phi) is 2.67. The Bertz CT molecular complexity index is 313. The van der Waals surface area contributed by atoms with Crippen molar-refractivity contribution in [2.45, 2.75) is 18.9 Å². The first-order valence-electron chi connectivity index (χ1n) is 4.07. The minimum absolute atomic E-state index is 0.0438. The monoisotopic (exact) mass is 218 g/mol.